The molecule has 0 amide bonds. The smallest absolute Gasteiger partial charge is 0.161 e. The number of nitrogens with zero attached hydrogens (tertiary/aromatic N) is 3. The Hall–Kier alpha value is -2.14. The molecule has 1 fully saturated rings. The summed E-state index contributed by atoms with van der Waals surface area (Å²) < 4.78 is 11.0. The Kier molecular flexibility index (Phi) is 5.07. The van der Waals surface area contributed by atoms with Crippen molar-refractivity contribution in [2.75, 3.05) is 38.3 Å². The Morgan fingerprint density at radius 1 is 1.04 bits per heavy atom. The van der Waals surface area contributed by atoms with Crippen LogP contribution in [0.2, 0.25) is 0 Å². The van der Waals surface area contributed by atoms with Crippen LogP contribution in [0, 0.1) is 5.92 Å². The topological polar surface area (TPSA) is 47.5 Å². The van der Waals surface area contributed by atoms with Crippen molar-refractivity contribution >= 4 is 5.82 Å². The molecule has 0 saturated carbocycles. The van der Waals surface area contributed by atoms with Gasteiger partial charge in [0.25, 0.3) is 0 Å². The molecule has 0 N–H and O–H groups in total. The van der Waals surface area contributed by atoms with Crippen LogP contribution in [0.15, 0.2) is 24.3 Å². The van der Waals surface area contributed by atoms with Gasteiger partial charge < -0.3 is 14.4 Å². The van der Waals surface area contributed by atoms with E-state index in [0.29, 0.717) is 0 Å². The fraction of sp³-hybridized carbons (Fsp3) is 0.524. The van der Waals surface area contributed by atoms with Gasteiger partial charge in [0, 0.05) is 37.1 Å². The second-order valence-electron chi connectivity index (χ2n) is 7.31. The van der Waals surface area contributed by atoms with E-state index >= 15 is 0 Å². The van der Waals surface area contributed by atoms with Gasteiger partial charge in [-0.15, -0.1) is 0 Å². The van der Waals surface area contributed by atoms with Crippen LogP contribution < -0.4 is 9.64 Å². The van der Waals surface area contributed by atoms with E-state index in [4.69, 9.17) is 19.4 Å². The third kappa shape index (κ3) is 3.54. The quantitative estimate of drug-likeness (QED) is 0.845. The van der Waals surface area contributed by atoms with Crippen molar-refractivity contribution in [1.82, 2.24) is 9.97 Å². The van der Waals surface area contributed by atoms with E-state index in [1.54, 1.807) is 7.11 Å². The molecule has 0 radical (unpaired) electrons. The maximum atomic E-state index is 5.71. The molecule has 0 spiro atoms. The van der Waals surface area contributed by atoms with Gasteiger partial charge in [-0.3, -0.25) is 0 Å². The summed E-state index contributed by atoms with van der Waals surface area (Å²) in [4.78, 5) is 12.4. The van der Waals surface area contributed by atoms with E-state index in [-0.39, 0.29) is 0 Å². The molecule has 1 aromatic heterocycles. The monoisotopic (exact) mass is 353 g/mol. The fourth-order valence-corrected chi connectivity index (χ4v) is 3.78. The van der Waals surface area contributed by atoms with Gasteiger partial charge in [-0.25, -0.2) is 9.97 Å². The highest BCUT2D eigenvalue weighted by Gasteiger charge is 2.24. The highest BCUT2D eigenvalue weighted by atomic mass is 16.5. The minimum Gasteiger partial charge on any atom is -0.497 e. The average molecular weight is 353 g/mol. The Morgan fingerprint density at radius 3 is 2.50 bits per heavy atom. The van der Waals surface area contributed by atoms with Crippen molar-refractivity contribution in [1.29, 1.82) is 0 Å². The minimum absolute atomic E-state index is 0.739. The highest BCUT2D eigenvalue weighted by Crippen LogP contribution is 2.31. The normalized spacial score (nSPS) is 18.3. The van der Waals surface area contributed by atoms with Gasteiger partial charge in [0.2, 0.25) is 0 Å². The van der Waals surface area contributed by atoms with Crippen LogP contribution in [-0.2, 0) is 17.6 Å². The molecule has 2 aromatic rings. The van der Waals surface area contributed by atoms with E-state index in [0.717, 1.165) is 73.7 Å². The Morgan fingerprint density at radius 2 is 1.77 bits per heavy atom. The minimum atomic E-state index is 0.739. The molecule has 1 saturated heterocycles. The predicted octanol–water partition coefficient (Wildman–Crippen LogP) is 3.50. The highest BCUT2D eigenvalue weighted by molar-refractivity contribution is 5.62. The van der Waals surface area contributed by atoms with E-state index in [2.05, 4.69) is 11.8 Å². The van der Waals surface area contributed by atoms with E-state index in [9.17, 15) is 0 Å². The largest absolute Gasteiger partial charge is 0.497 e. The number of rotatable bonds is 3. The number of fused-ring (bicyclic) bond motifs is 1. The number of anilines is 1. The maximum Gasteiger partial charge on any atom is 0.161 e. The second kappa shape index (κ2) is 7.62. The van der Waals surface area contributed by atoms with E-state index < -0.39 is 0 Å². The molecule has 0 bridgehead atoms. The van der Waals surface area contributed by atoms with E-state index in [1.165, 1.54) is 18.4 Å². The molecular formula is C21H27N3O2. The van der Waals surface area contributed by atoms with Crippen LogP contribution in [0.25, 0.3) is 11.4 Å². The lowest BCUT2D eigenvalue weighted by Gasteiger charge is -2.33. The molecule has 0 atom stereocenters. The van der Waals surface area contributed by atoms with Crippen molar-refractivity contribution in [3.8, 4) is 17.1 Å². The number of benzene rings is 1. The average Bonchev–Trinajstić information content (AvgIpc) is 2.93. The number of methoxy groups -OCH3 is 1. The molecule has 3 heterocycles. The zero-order valence-corrected chi connectivity index (χ0v) is 15.7. The molecule has 4 rings (SSSR count). The van der Waals surface area contributed by atoms with Crippen LogP contribution >= 0.6 is 0 Å². The van der Waals surface area contributed by atoms with Crippen molar-refractivity contribution in [2.24, 2.45) is 5.92 Å². The molecule has 26 heavy (non-hydrogen) atoms. The summed E-state index contributed by atoms with van der Waals surface area (Å²) in [6, 6.07) is 8.01. The van der Waals surface area contributed by atoms with E-state index in [1.807, 2.05) is 24.3 Å². The molecule has 1 aromatic carbocycles. The molecule has 2 aliphatic heterocycles. The maximum absolute atomic E-state index is 5.71. The Bertz CT molecular complexity index is 753. The van der Waals surface area contributed by atoms with Gasteiger partial charge in [0.05, 0.1) is 26.0 Å². The SMILES string of the molecule is COc1ccc(-c2nc3c(c(N4CCC(C)CC4)n2)CCOCC3)cc1. The van der Waals surface area contributed by atoms with Gasteiger partial charge in [-0.05, 0) is 43.0 Å². The first kappa shape index (κ1) is 17.3. The van der Waals surface area contributed by atoms with Crippen molar-refractivity contribution in [3.63, 3.8) is 0 Å². The number of ether oxygens (including phenoxy) is 2. The molecule has 2 aliphatic rings. The second-order valence-corrected chi connectivity index (χ2v) is 7.31. The lowest BCUT2D eigenvalue weighted by molar-refractivity contribution is 0.146. The molecule has 5 heteroatoms. The summed E-state index contributed by atoms with van der Waals surface area (Å²) in [6.07, 6.45) is 4.22. The zero-order valence-electron chi connectivity index (χ0n) is 15.7. The number of hydrogen-bond donors (Lipinski definition) is 0. The standard InChI is InChI=1S/C21H27N3O2/c1-15-7-11-24(12-8-15)21-18-9-13-26-14-10-19(18)22-20(23-21)16-3-5-17(25-2)6-4-16/h3-6,15H,7-14H2,1-2H3. The molecule has 5 nitrogen and oxygen atoms in total. The van der Waals surface area contributed by atoms with Crippen molar-refractivity contribution in [2.45, 2.75) is 32.6 Å². The number of hydrogen-bond acceptors (Lipinski definition) is 5. The van der Waals surface area contributed by atoms with Crippen molar-refractivity contribution in [3.05, 3.63) is 35.5 Å². The van der Waals surface area contributed by atoms with Crippen LogP contribution in [0.3, 0.4) is 0 Å². The molecular weight excluding hydrogens is 326 g/mol. The van der Waals surface area contributed by atoms with Crippen LogP contribution in [-0.4, -0.2) is 43.4 Å². The summed E-state index contributed by atoms with van der Waals surface area (Å²) in [5.74, 6) is 3.58. The van der Waals surface area contributed by atoms with Crippen LogP contribution in [0.4, 0.5) is 5.82 Å². The summed E-state index contributed by atoms with van der Waals surface area (Å²) >= 11 is 0. The van der Waals surface area contributed by atoms with Gasteiger partial charge in [-0.2, -0.15) is 0 Å². The van der Waals surface area contributed by atoms with Crippen LogP contribution in [0.5, 0.6) is 5.75 Å². The van der Waals surface area contributed by atoms with Gasteiger partial charge in [0.1, 0.15) is 11.6 Å². The molecule has 138 valence electrons. The van der Waals surface area contributed by atoms with Gasteiger partial charge >= 0.3 is 0 Å². The lowest BCUT2D eigenvalue weighted by Crippen LogP contribution is -2.34. The summed E-state index contributed by atoms with van der Waals surface area (Å²) in [6.45, 7) is 5.99. The molecule has 0 unspecified atom stereocenters. The summed E-state index contributed by atoms with van der Waals surface area (Å²) in [5, 5.41) is 0. The number of aromatic nitrogens is 2. The first-order valence-corrected chi connectivity index (χ1v) is 9.61. The Labute approximate surface area is 155 Å². The zero-order chi connectivity index (χ0) is 17.9. The fourth-order valence-electron chi connectivity index (χ4n) is 3.78. The third-order valence-corrected chi connectivity index (χ3v) is 5.48. The van der Waals surface area contributed by atoms with Gasteiger partial charge in [-0.1, -0.05) is 6.92 Å². The van der Waals surface area contributed by atoms with Gasteiger partial charge in [0.15, 0.2) is 5.82 Å². The summed E-state index contributed by atoms with van der Waals surface area (Å²) in [5.41, 5.74) is 3.47. The van der Waals surface area contributed by atoms with Crippen molar-refractivity contribution < 1.29 is 9.47 Å². The Balaban J connectivity index is 1.75. The first-order chi connectivity index (χ1) is 12.7. The third-order valence-electron chi connectivity index (χ3n) is 5.48. The molecule has 0 aliphatic carbocycles. The number of piperidine rings is 1. The lowest BCUT2D eigenvalue weighted by atomic mass is 9.98. The first-order valence-electron chi connectivity index (χ1n) is 9.61. The summed E-state index contributed by atoms with van der Waals surface area (Å²) in [7, 11) is 1.68. The predicted molar refractivity (Wildman–Crippen MR) is 103 cm³/mol. The van der Waals surface area contributed by atoms with Crippen LogP contribution in [0.1, 0.15) is 31.0 Å².